The third-order valence-corrected chi connectivity index (χ3v) is 4.33. The van der Waals surface area contributed by atoms with Crippen LogP contribution in [0.2, 0.25) is 0 Å². The Kier molecular flexibility index (Phi) is 4.31. The molecule has 21 heavy (non-hydrogen) atoms. The van der Waals surface area contributed by atoms with Gasteiger partial charge in [-0.3, -0.25) is 4.79 Å². The number of hydrogen-bond donors (Lipinski definition) is 2. The molecule has 1 aliphatic rings. The first-order valence-corrected chi connectivity index (χ1v) is 7.90. The molecule has 0 bridgehead atoms. The third kappa shape index (κ3) is 3.30. The molecule has 2 N–H and O–H groups in total. The Bertz CT molecular complexity index is 637. The first-order chi connectivity index (χ1) is 10.3. The molecule has 1 saturated heterocycles. The Hall–Kier alpha value is -1.73. The number of ether oxygens (including phenoxy) is 1. The summed E-state index contributed by atoms with van der Waals surface area (Å²) in [6.45, 7) is 3.33. The predicted molar refractivity (Wildman–Crippen MR) is 82.8 cm³/mol. The fourth-order valence-electron chi connectivity index (χ4n) is 2.30. The first-order valence-electron chi connectivity index (χ1n) is 6.91. The van der Waals surface area contributed by atoms with Gasteiger partial charge in [0.2, 0.25) is 5.91 Å². The summed E-state index contributed by atoms with van der Waals surface area (Å²) in [5, 5.41) is 4.01. The van der Waals surface area contributed by atoms with Crippen molar-refractivity contribution in [2.75, 3.05) is 39.0 Å². The lowest BCUT2D eigenvalue weighted by molar-refractivity contribution is -0.128. The van der Waals surface area contributed by atoms with Gasteiger partial charge in [-0.25, -0.2) is 4.98 Å². The number of aromatic nitrogens is 2. The molecular formula is C14H18N4O2S. The molecule has 3 rings (SSSR count). The lowest BCUT2D eigenvalue weighted by Gasteiger charge is -2.27. The highest BCUT2D eigenvalue weighted by molar-refractivity contribution is 7.99. The van der Waals surface area contributed by atoms with Gasteiger partial charge in [0.15, 0.2) is 5.16 Å². The van der Waals surface area contributed by atoms with Crippen LogP contribution in [0.15, 0.2) is 23.4 Å². The van der Waals surface area contributed by atoms with Crippen LogP contribution >= 0.6 is 11.8 Å². The second-order valence-corrected chi connectivity index (χ2v) is 5.81. The molecule has 2 aromatic rings. The van der Waals surface area contributed by atoms with E-state index >= 15 is 0 Å². The molecule has 0 unspecified atom stereocenters. The zero-order chi connectivity index (χ0) is 14.7. The lowest BCUT2D eigenvalue weighted by Crippen LogP contribution is -2.47. The summed E-state index contributed by atoms with van der Waals surface area (Å²) in [6, 6.07) is 5.70. The van der Waals surface area contributed by atoms with Gasteiger partial charge in [-0.2, -0.15) is 0 Å². The van der Waals surface area contributed by atoms with E-state index in [-0.39, 0.29) is 5.91 Å². The van der Waals surface area contributed by atoms with Gasteiger partial charge < -0.3 is 19.9 Å². The van der Waals surface area contributed by atoms with E-state index in [1.165, 1.54) is 11.8 Å². The largest absolute Gasteiger partial charge is 0.497 e. The molecule has 112 valence electrons. The van der Waals surface area contributed by atoms with E-state index in [0.29, 0.717) is 5.75 Å². The maximum Gasteiger partial charge on any atom is 0.233 e. The third-order valence-electron chi connectivity index (χ3n) is 3.47. The van der Waals surface area contributed by atoms with Crippen LogP contribution < -0.4 is 10.1 Å². The van der Waals surface area contributed by atoms with Crippen LogP contribution in [-0.4, -0.2) is 59.8 Å². The van der Waals surface area contributed by atoms with Crippen LogP contribution in [0, 0.1) is 0 Å². The van der Waals surface area contributed by atoms with E-state index in [1.54, 1.807) is 7.11 Å². The number of hydrogen-bond acceptors (Lipinski definition) is 5. The van der Waals surface area contributed by atoms with Crippen molar-refractivity contribution in [3.8, 4) is 5.75 Å². The van der Waals surface area contributed by atoms with E-state index in [9.17, 15) is 4.79 Å². The molecule has 7 heteroatoms. The van der Waals surface area contributed by atoms with E-state index in [0.717, 1.165) is 48.1 Å². The SMILES string of the molecule is COc1ccc2nc(SCC(=O)N3CCNCC3)[nH]c2c1. The van der Waals surface area contributed by atoms with Crippen molar-refractivity contribution in [1.29, 1.82) is 0 Å². The van der Waals surface area contributed by atoms with Gasteiger partial charge in [0.1, 0.15) is 5.75 Å². The smallest absolute Gasteiger partial charge is 0.233 e. The van der Waals surface area contributed by atoms with Gasteiger partial charge in [0.05, 0.1) is 23.9 Å². The van der Waals surface area contributed by atoms with Crippen LogP contribution in [0.5, 0.6) is 5.75 Å². The Morgan fingerprint density at radius 2 is 2.24 bits per heavy atom. The molecule has 2 heterocycles. The fraction of sp³-hybridized carbons (Fsp3) is 0.429. The summed E-state index contributed by atoms with van der Waals surface area (Å²) in [4.78, 5) is 21.7. The van der Waals surface area contributed by atoms with Crippen molar-refractivity contribution in [3.05, 3.63) is 18.2 Å². The number of H-pyrrole nitrogens is 1. The molecular weight excluding hydrogens is 288 g/mol. The number of rotatable bonds is 4. The summed E-state index contributed by atoms with van der Waals surface area (Å²) in [5.74, 6) is 1.37. The number of methoxy groups -OCH3 is 1. The second kappa shape index (κ2) is 6.36. The first kappa shape index (κ1) is 14.2. The molecule has 1 amide bonds. The maximum absolute atomic E-state index is 12.1. The van der Waals surface area contributed by atoms with Crippen LogP contribution in [0.25, 0.3) is 11.0 Å². The number of thioether (sulfide) groups is 1. The monoisotopic (exact) mass is 306 g/mol. The number of piperazine rings is 1. The van der Waals surface area contributed by atoms with Crippen LogP contribution in [0.4, 0.5) is 0 Å². The highest BCUT2D eigenvalue weighted by Crippen LogP contribution is 2.23. The van der Waals surface area contributed by atoms with Crippen molar-refractivity contribution in [2.45, 2.75) is 5.16 Å². The number of nitrogens with one attached hydrogen (secondary N) is 2. The number of nitrogens with zero attached hydrogens (tertiary/aromatic N) is 2. The minimum Gasteiger partial charge on any atom is -0.497 e. The average Bonchev–Trinajstić information content (AvgIpc) is 2.95. The van der Waals surface area contributed by atoms with E-state index in [1.807, 2.05) is 23.1 Å². The van der Waals surface area contributed by atoms with Crippen molar-refractivity contribution in [3.63, 3.8) is 0 Å². The summed E-state index contributed by atoms with van der Waals surface area (Å²) in [6.07, 6.45) is 0. The van der Waals surface area contributed by atoms with Gasteiger partial charge in [-0.05, 0) is 12.1 Å². The van der Waals surface area contributed by atoms with Crippen LogP contribution in [0.3, 0.4) is 0 Å². The van der Waals surface area contributed by atoms with Crippen LogP contribution in [-0.2, 0) is 4.79 Å². The Morgan fingerprint density at radius 3 is 3.00 bits per heavy atom. The van der Waals surface area contributed by atoms with Crippen molar-refractivity contribution < 1.29 is 9.53 Å². The second-order valence-electron chi connectivity index (χ2n) is 4.84. The van der Waals surface area contributed by atoms with E-state index in [4.69, 9.17) is 4.74 Å². The van der Waals surface area contributed by atoms with Crippen LogP contribution in [0.1, 0.15) is 0 Å². The molecule has 1 fully saturated rings. The number of carbonyl (C=O) groups excluding carboxylic acids is 1. The van der Waals surface area contributed by atoms with E-state index in [2.05, 4.69) is 15.3 Å². The number of aromatic amines is 1. The average molecular weight is 306 g/mol. The molecule has 0 radical (unpaired) electrons. The van der Waals surface area contributed by atoms with Gasteiger partial charge >= 0.3 is 0 Å². The lowest BCUT2D eigenvalue weighted by atomic mass is 10.3. The van der Waals surface area contributed by atoms with Crippen molar-refractivity contribution in [2.24, 2.45) is 0 Å². The fourth-order valence-corrected chi connectivity index (χ4v) is 3.08. The number of benzene rings is 1. The number of imidazole rings is 1. The molecule has 0 spiro atoms. The molecule has 6 nitrogen and oxygen atoms in total. The normalized spacial score (nSPS) is 15.4. The zero-order valence-corrected chi connectivity index (χ0v) is 12.7. The minimum atomic E-state index is 0.166. The molecule has 1 aromatic carbocycles. The number of amides is 1. The van der Waals surface area contributed by atoms with Gasteiger partial charge in [-0.15, -0.1) is 0 Å². The minimum absolute atomic E-state index is 0.166. The highest BCUT2D eigenvalue weighted by Gasteiger charge is 2.16. The quantitative estimate of drug-likeness (QED) is 0.828. The number of fused-ring (bicyclic) bond motifs is 1. The van der Waals surface area contributed by atoms with E-state index < -0.39 is 0 Å². The molecule has 0 aliphatic carbocycles. The van der Waals surface area contributed by atoms with Crippen molar-refractivity contribution >= 4 is 28.7 Å². The Balaban J connectivity index is 1.63. The summed E-state index contributed by atoms with van der Waals surface area (Å²) in [7, 11) is 1.64. The summed E-state index contributed by atoms with van der Waals surface area (Å²) >= 11 is 1.44. The molecule has 1 aliphatic heterocycles. The summed E-state index contributed by atoms with van der Waals surface area (Å²) < 4.78 is 5.19. The zero-order valence-electron chi connectivity index (χ0n) is 11.9. The van der Waals surface area contributed by atoms with Gasteiger partial charge in [0, 0.05) is 32.2 Å². The summed E-state index contributed by atoms with van der Waals surface area (Å²) in [5.41, 5.74) is 1.80. The molecule has 1 aromatic heterocycles. The molecule has 0 atom stereocenters. The molecule has 0 saturated carbocycles. The predicted octanol–water partition coefficient (Wildman–Crippen LogP) is 1.10. The Morgan fingerprint density at radius 1 is 1.43 bits per heavy atom. The van der Waals surface area contributed by atoms with Crippen molar-refractivity contribution in [1.82, 2.24) is 20.2 Å². The highest BCUT2D eigenvalue weighted by atomic mass is 32.2. The van der Waals surface area contributed by atoms with Gasteiger partial charge in [0.25, 0.3) is 0 Å². The standard InChI is InChI=1S/C14H18N4O2S/c1-20-10-2-3-11-12(8-10)17-14(16-11)21-9-13(19)18-6-4-15-5-7-18/h2-3,8,15H,4-7,9H2,1H3,(H,16,17). The number of carbonyl (C=O) groups is 1. The maximum atomic E-state index is 12.1. The Labute approximate surface area is 127 Å². The topological polar surface area (TPSA) is 70.2 Å². The van der Waals surface area contributed by atoms with Gasteiger partial charge in [-0.1, -0.05) is 11.8 Å².